The van der Waals surface area contributed by atoms with Crippen LogP contribution in [0.5, 0.6) is 0 Å². The zero-order valence-corrected chi connectivity index (χ0v) is 28.8. The Morgan fingerprint density at radius 3 is 1.36 bits per heavy atom. The van der Waals surface area contributed by atoms with Gasteiger partial charge in [0.15, 0.2) is 0 Å². The summed E-state index contributed by atoms with van der Waals surface area (Å²) in [7, 11) is 0. The van der Waals surface area contributed by atoms with Gasteiger partial charge in [0.1, 0.15) is 0 Å². The minimum atomic E-state index is 0.259. The summed E-state index contributed by atoms with van der Waals surface area (Å²) in [5.74, 6) is 2.82. The third-order valence-corrected chi connectivity index (χ3v) is 15.8. The molecule has 2 heterocycles. The zero-order chi connectivity index (χ0) is 32.0. The van der Waals surface area contributed by atoms with E-state index in [2.05, 4.69) is 82.6 Å². The molecule has 5 aromatic rings. The second kappa shape index (κ2) is 8.79. The molecule has 50 heavy (non-hydrogen) atoms. The van der Waals surface area contributed by atoms with E-state index in [1.54, 1.807) is 55.5 Å². The van der Waals surface area contributed by atoms with Gasteiger partial charge < -0.3 is 9.80 Å². The zero-order valence-electron chi connectivity index (χ0n) is 28.8. The van der Waals surface area contributed by atoms with Crippen LogP contribution in [0.2, 0.25) is 0 Å². The third-order valence-electron chi connectivity index (χ3n) is 15.8. The van der Waals surface area contributed by atoms with Crippen LogP contribution < -0.4 is 26.2 Å². The van der Waals surface area contributed by atoms with Crippen molar-refractivity contribution in [3.05, 3.63) is 123 Å². The summed E-state index contributed by atoms with van der Waals surface area (Å²) in [6.45, 7) is 0.259. The summed E-state index contributed by atoms with van der Waals surface area (Å²) in [6, 6.07) is 30.9. The molecule has 4 fully saturated rings. The predicted octanol–water partition coefficient (Wildman–Crippen LogP) is 8.24. The van der Waals surface area contributed by atoms with E-state index in [9.17, 15) is 0 Å². The van der Waals surface area contributed by atoms with E-state index >= 15 is 0 Å². The number of hydrogen-bond donors (Lipinski definition) is 0. The minimum Gasteiger partial charge on any atom is -0.311 e. The maximum absolute atomic E-state index is 2.75. The second-order valence-corrected chi connectivity index (χ2v) is 18.0. The number of hydrogen-bond acceptors (Lipinski definition) is 2. The number of aryl methyl sites for hydroxylation is 8. The Kier molecular flexibility index (Phi) is 4.67. The average molecular weight is 645 g/mol. The SMILES string of the molecule is c1cc2c(cc1N1c3cc4c(cc3B3c5cc6c(cc5N(c5ccc7c(c5)CC7)c5cc(C78CC9CC(C7)C(C9)C8)cc1c53)CC6)CC4)CC2. The van der Waals surface area contributed by atoms with Crippen LogP contribution >= 0.6 is 0 Å². The van der Waals surface area contributed by atoms with Gasteiger partial charge in [-0.1, -0.05) is 24.3 Å². The molecular formula is C47H41BN2. The lowest BCUT2D eigenvalue weighted by atomic mass is 9.33. The van der Waals surface area contributed by atoms with Crippen LogP contribution in [0.3, 0.4) is 0 Å². The van der Waals surface area contributed by atoms with Crippen molar-refractivity contribution in [2.75, 3.05) is 9.80 Å². The van der Waals surface area contributed by atoms with E-state index in [1.165, 1.54) is 129 Å². The van der Waals surface area contributed by atoms with Crippen molar-refractivity contribution in [1.29, 1.82) is 0 Å². The van der Waals surface area contributed by atoms with Crippen molar-refractivity contribution < 1.29 is 0 Å². The number of fused-ring (bicyclic) bond motifs is 8. The molecule has 10 aliphatic rings. The summed E-state index contributed by atoms with van der Waals surface area (Å²) in [5.41, 5.74) is 27.6. The predicted molar refractivity (Wildman–Crippen MR) is 205 cm³/mol. The summed E-state index contributed by atoms with van der Waals surface area (Å²) in [6.07, 6.45) is 17.0. The second-order valence-electron chi connectivity index (χ2n) is 18.0. The maximum atomic E-state index is 2.75. The molecule has 15 rings (SSSR count). The number of rotatable bonds is 3. The van der Waals surface area contributed by atoms with Crippen LogP contribution in [0.1, 0.15) is 82.2 Å². The van der Waals surface area contributed by atoms with E-state index in [0.717, 1.165) is 17.8 Å². The molecule has 0 saturated heterocycles. The molecular weight excluding hydrogens is 603 g/mol. The average Bonchev–Trinajstić information content (AvgIpc) is 3.50. The standard InChI is InChI=1S/C47H41BN2/c1-3-29-15-38(11-9-27(1)29)49-42-19-33-7-5-31(33)17-40(42)48-41-18-32-6-8-34(32)20-43(41)50(39-12-10-28-2-4-30(28)16-39)45-22-37(21-44(49)46(45)48)47-23-26-13-35(24-47)36(14-26)25-47/h9-12,15-22,26,35-36H,1-8,13-14,23-25H2. The molecule has 2 nitrogen and oxygen atoms in total. The molecule has 4 saturated carbocycles. The Balaban J connectivity index is 1.10. The van der Waals surface area contributed by atoms with Crippen molar-refractivity contribution in [3.8, 4) is 0 Å². The van der Waals surface area contributed by atoms with E-state index in [1.807, 2.05) is 0 Å². The van der Waals surface area contributed by atoms with Gasteiger partial charge in [0, 0.05) is 34.1 Å². The Morgan fingerprint density at radius 2 is 0.920 bits per heavy atom. The molecule has 2 aliphatic heterocycles. The van der Waals surface area contributed by atoms with Crippen LogP contribution in [0.15, 0.2) is 72.8 Å². The lowest BCUT2D eigenvalue weighted by Crippen LogP contribution is -2.62. The highest BCUT2D eigenvalue weighted by Crippen LogP contribution is 2.65. The van der Waals surface area contributed by atoms with Gasteiger partial charge in [-0.25, -0.2) is 0 Å². The molecule has 8 aliphatic carbocycles. The lowest BCUT2D eigenvalue weighted by Gasteiger charge is -2.47. The smallest absolute Gasteiger partial charge is 0.252 e. The van der Waals surface area contributed by atoms with Gasteiger partial charge in [-0.2, -0.15) is 0 Å². The summed E-state index contributed by atoms with van der Waals surface area (Å²) < 4.78 is 0. The Labute approximate surface area is 295 Å². The first-order valence-corrected chi connectivity index (χ1v) is 20.0. The molecule has 0 spiro atoms. The van der Waals surface area contributed by atoms with Crippen molar-refractivity contribution in [3.63, 3.8) is 0 Å². The highest BCUT2D eigenvalue weighted by molar-refractivity contribution is 7.00. The van der Waals surface area contributed by atoms with Crippen LogP contribution in [0.25, 0.3) is 0 Å². The molecule has 2 atom stereocenters. The Bertz CT molecular complexity index is 2270. The molecule has 2 unspecified atom stereocenters. The molecule has 0 aromatic heterocycles. The fourth-order valence-corrected chi connectivity index (χ4v) is 13.1. The highest BCUT2D eigenvalue weighted by Gasteiger charge is 2.57. The van der Waals surface area contributed by atoms with E-state index in [0.29, 0.717) is 5.41 Å². The van der Waals surface area contributed by atoms with E-state index in [-0.39, 0.29) is 6.71 Å². The molecule has 5 aromatic carbocycles. The summed E-state index contributed by atoms with van der Waals surface area (Å²) in [4.78, 5) is 5.50. The first-order valence-electron chi connectivity index (χ1n) is 20.0. The number of anilines is 6. The summed E-state index contributed by atoms with van der Waals surface area (Å²) >= 11 is 0. The van der Waals surface area contributed by atoms with Crippen molar-refractivity contribution in [1.82, 2.24) is 0 Å². The number of benzene rings is 5. The normalized spacial score (nSPS) is 27.1. The molecule has 242 valence electrons. The van der Waals surface area contributed by atoms with Gasteiger partial charge >= 0.3 is 0 Å². The molecule has 0 N–H and O–H groups in total. The quantitative estimate of drug-likeness (QED) is 0.179. The van der Waals surface area contributed by atoms with Crippen LogP contribution in [-0.4, -0.2) is 6.71 Å². The topological polar surface area (TPSA) is 6.48 Å². The molecule has 0 radical (unpaired) electrons. The molecule has 0 amide bonds. The van der Waals surface area contributed by atoms with Crippen LogP contribution in [-0.2, 0) is 56.8 Å². The van der Waals surface area contributed by atoms with Crippen LogP contribution in [0, 0.1) is 17.8 Å². The van der Waals surface area contributed by atoms with Crippen molar-refractivity contribution in [2.45, 2.75) is 88.9 Å². The van der Waals surface area contributed by atoms with Gasteiger partial charge in [-0.3, -0.25) is 0 Å². The monoisotopic (exact) mass is 644 g/mol. The van der Waals surface area contributed by atoms with Gasteiger partial charge in [0.2, 0.25) is 0 Å². The van der Waals surface area contributed by atoms with E-state index < -0.39 is 0 Å². The van der Waals surface area contributed by atoms with Crippen LogP contribution in [0.4, 0.5) is 34.1 Å². The molecule has 3 heteroatoms. The van der Waals surface area contributed by atoms with Gasteiger partial charge in [0.25, 0.3) is 6.71 Å². The fraction of sp³-hybridized carbons (Fsp3) is 0.362. The number of nitrogens with zero attached hydrogens (tertiary/aromatic N) is 2. The minimum absolute atomic E-state index is 0.259. The van der Waals surface area contributed by atoms with Crippen molar-refractivity contribution >= 4 is 57.2 Å². The van der Waals surface area contributed by atoms with Gasteiger partial charge in [-0.15, -0.1) is 0 Å². The largest absolute Gasteiger partial charge is 0.311 e. The van der Waals surface area contributed by atoms with E-state index in [4.69, 9.17) is 0 Å². The van der Waals surface area contributed by atoms with Gasteiger partial charge in [0.05, 0.1) is 0 Å². The summed E-state index contributed by atoms with van der Waals surface area (Å²) in [5, 5.41) is 0. The molecule has 4 bridgehead atoms. The first kappa shape index (κ1) is 26.6. The first-order chi connectivity index (χ1) is 24.6. The third kappa shape index (κ3) is 3.18. The van der Waals surface area contributed by atoms with Gasteiger partial charge in [-0.05, 0) is 222 Å². The van der Waals surface area contributed by atoms with Crippen molar-refractivity contribution in [2.24, 2.45) is 17.8 Å². The fourth-order valence-electron chi connectivity index (χ4n) is 13.1. The highest BCUT2D eigenvalue weighted by atomic mass is 15.2. The Hall–Kier alpha value is -4.24. The lowest BCUT2D eigenvalue weighted by molar-refractivity contribution is 0.229. The Morgan fingerprint density at radius 1 is 0.460 bits per heavy atom. The maximum Gasteiger partial charge on any atom is 0.252 e.